The molecule has 0 aliphatic rings. The van der Waals surface area contributed by atoms with Gasteiger partial charge in [-0.1, -0.05) is 18.2 Å². The average Bonchev–Trinajstić information content (AvgIpc) is 2.84. The number of nitrogens with one attached hydrogen (secondary N) is 1. The van der Waals surface area contributed by atoms with Crippen LogP contribution in [0.3, 0.4) is 0 Å². The van der Waals surface area contributed by atoms with Crippen molar-refractivity contribution in [3.05, 3.63) is 89.2 Å². The minimum Gasteiger partial charge on any atom is -0.497 e. The molecule has 3 aromatic carbocycles. The fraction of sp³-hybridized carbons (Fsp3) is 0.0800. The number of carbonyl (C=O) groups excluding carboxylic acids is 2. The van der Waals surface area contributed by atoms with Gasteiger partial charge in [0.25, 0.3) is 5.91 Å². The quantitative estimate of drug-likeness (QED) is 0.246. The largest absolute Gasteiger partial charge is 0.497 e. The van der Waals surface area contributed by atoms with Crippen LogP contribution in [0.5, 0.6) is 17.2 Å². The molecule has 0 fully saturated rings. The van der Waals surface area contributed by atoms with E-state index in [1.807, 2.05) is 0 Å². The lowest BCUT2D eigenvalue weighted by Crippen LogP contribution is -2.14. The number of anilines is 1. The molecule has 1 amide bonds. The molecule has 0 atom stereocenters. The number of hydrogen-bond acceptors (Lipinski definition) is 6. The molecule has 0 saturated carbocycles. The maximum atomic E-state index is 13.8. The summed E-state index contributed by atoms with van der Waals surface area (Å²) < 4.78 is 29.6. The molecule has 1 N–H and O–H groups in total. The second-order valence-corrected chi connectivity index (χ2v) is 6.63. The predicted octanol–water partition coefficient (Wildman–Crippen LogP) is 4.61. The van der Waals surface area contributed by atoms with Crippen molar-refractivity contribution in [1.82, 2.24) is 0 Å². The first-order valence-corrected chi connectivity index (χ1v) is 9.67. The van der Waals surface area contributed by atoms with Crippen molar-refractivity contribution in [2.75, 3.05) is 19.5 Å². The Hall–Kier alpha value is -4.64. The molecule has 0 bridgehead atoms. The summed E-state index contributed by atoms with van der Waals surface area (Å²) in [6, 6.07) is 18.3. The molecule has 166 valence electrons. The van der Waals surface area contributed by atoms with E-state index in [2.05, 4.69) is 5.32 Å². The minimum absolute atomic E-state index is 0.0486. The van der Waals surface area contributed by atoms with Gasteiger partial charge in [-0.25, -0.2) is 9.18 Å². The molecular weight excluding hydrogens is 427 g/mol. The number of ether oxygens (including phenoxy) is 3. The zero-order chi connectivity index (χ0) is 23.8. The van der Waals surface area contributed by atoms with Crippen LogP contribution in [0.2, 0.25) is 0 Å². The molecular formula is C25H19FN2O5. The normalized spacial score (nSPS) is 10.7. The molecule has 0 unspecified atom stereocenters. The molecule has 0 heterocycles. The first-order chi connectivity index (χ1) is 15.9. The van der Waals surface area contributed by atoms with Crippen LogP contribution >= 0.6 is 0 Å². The third kappa shape index (κ3) is 5.74. The van der Waals surface area contributed by atoms with Crippen molar-refractivity contribution >= 4 is 23.6 Å². The van der Waals surface area contributed by atoms with E-state index in [0.717, 1.165) is 0 Å². The van der Waals surface area contributed by atoms with Crippen LogP contribution in [0.4, 0.5) is 10.1 Å². The Kier molecular flexibility index (Phi) is 7.39. The molecule has 3 rings (SSSR count). The summed E-state index contributed by atoms with van der Waals surface area (Å²) in [6.07, 6.45) is 1.29. The van der Waals surface area contributed by atoms with Crippen LogP contribution in [-0.2, 0) is 4.79 Å². The third-order valence-electron chi connectivity index (χ3n) is 4.51. The van der Waals surface area contributed by atoms with Crippen LogP contribution in [0, 0.1) is 17.1 Å². The maximum absolute atomic E-state index is 13.8. The Morgan fingerprint density at radius 1 is 0.970 bits per heavy atom. The third-order valence-corrected chi connectivity index (χ3v) is 4.51. The summed E-state index contributed by atoms with van der Waals surface area (Å²) in [7, 11) is 2.93. The number of esters is 1. The highest BCUT2D eigenvalue weighted by Gasteiger charge is 2.15. The van der Waals surface area contributed by atoms with Gasteiger partial charge < -0.3 is 19.5 Å². The SMILES string of the molecule is COc1ccc(C(=O)Oc2cc(/C=C(/C#N)C(=O)Nc3ccccc3F)ccc2OC)cc1. The number of para-hydroxylation sites is 1. The van der Waals surface area contributed by atoms with Crippen molar-refractivity contribution in [3.8, 4) is 23.3 Å². The number of nitrogens with zero attached hydrogens (tertiary/aromatic N) is 1. The van der Waals surface area contributed by atoms with Crippen LogP contribution in [0.15, 0.2) is 72.3 Å². The summed E-state index contributed by atoms with van der Waals surface area (Å²) in [4.78, 5) is 25.0. The number of hydrogen-bond donors (Lipinski definition) is 1. The highest BCUT2D eigenvalue weighted by Crippen LogP contribution is 2.30. The van der Waals surface area contributed by atoms with Gasteiger partial charge in [0.2, 0.25) is 0 Å². The molecule has 0 spiro atoms. The van der Waals surface area contributed by atoms with Crippen LogP contribution < -0.4 is 19.5 Å². The zero-order valence-corrected chi connectivity index (χ0v) is 17.8. The minimum atomic E-state index is -0.782. The van der Waals surface area contributed by atoms with E-state index in [4.69, 9.17) is 14.2 Å². The number of benzene rings is 3. The van der Waals surface area contributed by atoms with Gasteiger partial charge in [-0.15, -0.1) is 0 Å². The summed E-state index contributed by atoms with van der Waals surface area (Å²) in [5, 5.41) is 11.8. The summed E-state index contributed by atoms with van der Waals surface area (Å²) in [6.45, 7) is 0. The van der Waals surface area contributed by atoms with Crippen molar-refractivity contribution in [3.63, 3.8) is 0 Å². The number of amides is 1. The first kappa shape index (κ1) is 23.0. The van der Waals surface area contributed by atoms with Crippen molar-refractivity contribution in [2.24, 2.45) is 0 Å². The van der Waals surface area contributed by atoms with E-state index >= 15 is 0 Å². The average molecular weight is 446 g/mol. The standard InChI is InChI=1S/C25H19FN2O5/c1-31-19-10-8-17(9-11-19)25(30)33-23-14-16(7-12-22(23)32-2)13-18(15-27)24(29)28-21-6-4-3-5-20(21)26/h3-14H,1-2H3,(H,28,29)/b18-13-. The summed E-state index contributed by atoms with van der Waals surface area (Å²) in [5.74, 6) is -1.07. The highest BCUT2D eigenvalue weighted by molar-refractivity contribution is 6.09. The monoisotopic (exact) mass is 446 g/mol. The number of carbonyl (C=O) groups is 2. The number of rotatable bonds is 7. The van der Waals surface area contributed by atoms with E-state index in [9.17, 15) is 19.2 Å². The molecule has 0 aliphatic heterocycles. The van der Waals surface area contributed by atoms with Gasteiger partial charge >= 0.3 is 5.97 Å². The topological polar surface area (TPSA) is 97.7 Å². The van der Waals surface area contributed by atoms with Crippen molar-refractivity contribution < 1.29 is 28.2 Å². The fourth-order valence-corrected chi connectivity index (χ4v) is 2.82. The Labute approximate surface area is 189 Å². The van der Waals surface area contributed by atoms with E-state index in [1.54, 1.807) is 42.5 Å². The summed E-state index contributed by atoms with van der Waals surface area (Å²) >= 11 is 0. The molecule has 0 aromatic heterocycles. The fourth-order valence-electron chi connectivity index (χ4n) is 2.82. The number of nitriles is 1. The first-order valence-electron chi connectivity index (χ1n) is 9.67. The van der Waals surface area contributed by atoms with Crippen LogP contribution in [0.25, 0.3) is 6.08 Å². The van der Waals surface area contributed by atoms with Gasteiger partial charge in [-0.2, -0.15) is 5.26 Å². The van der Waals surface area contributed by atoms with Gasteiger partial charge in [0.1, 0.15) is 23.2 Å². The van der Waals surface area contributed by atoms with E-state index < -0.39 is 17.7 Å². The Bertz CT molecular complexity index is 1250. The van der Waals surface area contributed by atoms with Crippen LogP contribution in [-0.4, -0.2) is 26.1 Å². The molecule has 33 heavy (non-hydrogen) atoms. The van der Waals surface area contributed by atoms with Gasteiger partial charge in [0, 0.05) is 0 Å². The summed E-state index contributed by atoms with van der Waals surface area (Å²) in [5.41, 5.74) is 0.373. The smallest absolute Gasteiger partial charge is 0.343 e. The zero-order valence-electron chi connectivity index (χ0n) is 17.8. The van der Waals surface area contributed by atoms with Gasteiger partial charge in [0.05, 0.1) is 25.5 Å². The van der Waals surface area contributed by atoms with Gasteiger partial charge in [0.15, 0.2) is 11.5 Å². The molecule has 8 heteroatoms. The number of methoxy groups -OCH3 is 2. The molecule has 0 aliphatic carbocycles. The maximum Gasteiger partial charge on any atom is 0.343 e. The van der Waals surface area contributed by atoms with Crippen molar-refractivity contribution in [1.29, 1.82) is 5.26 Å². The second-order valence-electron chi connectivity index (χ2n) is 6.63. The number of halogens is 1. The van der Waals surface area contributed by atoms with Crippen LogP contribution in [0.1, 0.15) is 15.9 Å². The Balaban J connectivity index is 1.84. The molecule has 3 aromatic rings. The molecule has 7 nitrogen and oxygen atoms in total. The van der Waals surface area contributed by atoms with Crippen molar-refractivity contribution in [2.45, 2.75) is 0 Å². The predicted molar refractivity (Wildman–Crippen MR) is 120 cm³/mol. The van der Waals surface area contributed by atoms with E-state index in [-0.39, 0.29) is 22.8 Å². The lowest BCUT2D eigenvalue weighted by Gasteiger charge is -2.11. The van der Waals surface area contributed by atoms with E-state index in [0.29, 0.717) is 16.9 Å². The lowest BCUT2D eigenvalue weighted by molar-refractivity contribution is -0.112. The van der Waals surface area contributed by atoms with E-state index in [1.165, 1.54) is 50.6 Å². The Morgan fingerprint density at radius 3 is 2.33 bits per heavy atom. The molecule has 0 radical (unpaired) electrons. The van der Waals surface area contributed by atoms with Gasteiger partial charge in [-0.3, -0.25) is 4.79 Å². The Morgan fingerprint density at radius 2 is 1.70 bits per heavy atom. The lowest BCUT2D eigenvalue weighted by atomic mass is 10.1. The second kappa shape index (κ2) is 10.6. The molecule has 0 saturated heterocycles. The highest BCUT2D eigenvalue weighted by atomic mass is 19.1. The van der Waals surface area contributed by atoms with Gasteiger partial charge in [-0.05, 0) is 60.2 Å².